The summed E-state index contributed by atoms with van der Waals surface area (Å²) in [7, 11) is 3.56. The Morgan fingerprint density at radius 3 is 2.41 bits per heavy atom. The fraction of sp³-hybridized carbons (Fsp3) is 0.600. The predicted molar refractivity (Wildman–Crippen MR) is 267 cm³/mol. The molecule has 0 radical (unpaired) electrons. The number of aromatic nitrogens is 3. The number of aryl methyl sites for hydroxylation is 1. The van der Waals surface area contributed by atoms with Crippen molar-refractivity contribution in [2.24, 2.45) is 23.0 Å². The van der Waals surface area contributed by atoms with Crippen LogP contribution in [-0.4, -0.2) is 150 Å². The van der Waals surface area contributed by atoms with Crippen LogP contribution in [0.1, 0.15) is 76.3 Å². The molecule has 4 unspecified atom stereocenters. The molecular formula is C50H65ClF5N9O7S. The number of esters is 1. The summed E-state index contributed by atoms with van der Waals surface area (Å²) in [5, 5.41) is 4.19. The Labute approximate surface area is 430 Å². The van der Waals surface area contributed by atoms with E-state index in [2.05, 4.69) is 20.2 Å². The van der Waals surface area contributed by atoms with E-state index in [1.807, 2.05) is 40.8 Å². The molecule has 4 aliphatic rings. The van der Waals surface area contributed by atoms with Gasteiger partial charge in [-0.3, -0.25) is 29.2 Å². The van der Waals surface area contributed by atoms with Crippen LogP contribution in [0.25, 0.3) is 33.4 Å². The first-order valence-corrected chi connectivity index (χ1v) is 25.8. The van der Waals surface area contributed by atoms with Gasteiger partial charge < -0.3 is 39.2 Å². The molecule has 73 heavy (non-hydrogen) atoms. The second-order valence-corrected chi connectivity index (χ2v) is 21.7. The van der Waals surface area contributed by atoms with Crippen LogP contribution in [0, 0.1) is 23.1 Å². The van der Waals surface area contributed by atoms with Gasteiger partial charge in [-0.2, -0.15) is 13.2 Å². The molecule has 6 bridgehead atoms. The zero-order valence-electron chi connectivity index (χ0n) is 42.2. The number of nitrogens with one attached hydrogen (secondary N) is 1. The van der Waals surface area contributed by atoms with Crippen molar-refractivity contribution in [1.29, 1.82) is 0 Å². The van der Waals surface area contributed by atoms with Crippen LogP contribution in [-0.2, 0) is 52.8 Å². The number of hydrazine groups is 1. The molecular weight excluding hydrogens is 1000 g/mol. The standard InChI is InChI=1S/C39H47F4N7O4S.C11H18ClFN2O3/c1-23(53-5)35-27(15-24(19-44-35)48-13-11-47(4)12-14-48)36-28-18-38(2,3)22-54-37(52)30-7-6-10-50(46-30)34(51)9-8-33-45-31(20-55-33)26-16-25(28)32(17-29(26)40)49(36)21-39(41,42)43;1-6(2)8(10(14)16)5-18-7-3-15(4-7)11(17)9(12)13/h15-17,19-20,23,30,46H,6-14,18,21-22H2,1-5H3;6-9H,3-5H2,1-2H3,(H2,14,16). The number of likely N-dealkylation sites (tertiary alicyclic amines) is 1. The molecule has 400 valence electrons. The number of hydrogen-bond donors (Lipinski definition) is 2. The summed E-state index contributed by atoms with van der Waals surface area (Å²) in [5.74, 6) is -2.83. The Kier molecular flexibility index (Phi) is 17.8. The first-order chi connectivity index (χ1) is 34.4. The van der Waals surface area contributed by atoms with Crippen LogP contribution in [0.4, 0.5) is 27.6 Å². The topological polar surface area (TPSA) is 178 Å². The van der Waals surface area contributed by atoms with Crippen molar-refractivity contribution in [3.05, 3.63) is 51.9 Å². The number of likely N-dealkylation sites (N-methyl/N-ethyl adjacent to an activating group) is 1. The van der Waals surface area contributed by atoms with Crippen LogP contribution in [0.5, 0.6) is 0 Å². The fourth-order valence-corrected chi connectivity index (χ4v) is 10.4. The van der Waals surface area contributed by atoms with E-state index in [9.17, 15) is 36.7 Å². The van der Waals surface area contributed by atoms with Gasteiger partial charge in [0, 0.05) is 93.1 Å². The zero-order valence-corrected chi connectivity index (χ0v) is 43.8. The smallest absolute Gasteiger partial charge is 0.406 e. The third-order valence-corrected chi connectivity index (χ3v) is 14.9. The van der Waals surface area contributed by atoms with E-state index in [4.69, 9.17) is 36.5 Å². The highest BCUT2D eigenvalue weighted by molar-refractivity contribution is 7.10. The van der Waals surface area contributed by atoms with Gasteiger partial charge in [0.1, 0.15) is 18.4 Å². The lowest BCUT2D eigenvalue weighted by molar-refractivity contribution is -0.154. The molecule has 3 N–H and O–H groups in total. The number of pyridine rings is 1. The Morgan fingerprint density at radius 1 is 1.05 bits per heavy atom. The summed E-state index contributed by atoms with van der Waals surface area (Å²) in [5.41, 5.74) is 8.45. The number of halogens is 6. The number of amides is 3. The fourth-order valence-electron chi connectivity index (χ4n) is 9.43. The molecule has 3 aromatic heterocycles. The maximum absolute atomic E-state index is 16.3. The Hall–Kier alpha value is -5.00. The SMILES string of the molecule is CC(C)C(COC1CN(C(=O)C(F)Cl)C1)C(N)=O.COC(C)c1ncc(N2CCN(C)CC2)cc1-c1c2c3cc(c(F)cc3n1CC(F)(F)F)-c1csc(n1)CCC(=O)N1CCCC(N1)C(=O)OCC(C)(C)C2. The maximum atomic E-state index is 16.3. The Morgan fingerprint density at radius 2 is 1.77 bits per heavy atom. The second kappa shape index (κ2) is 23.3. The summed E-state index contributed by atoms with van der Waals surface area (Å²) < 4.78 is 91.2. The number of rotatable bonds is 11. The molecule has 0 spiro atoms. The molecule has 4 aliphatic heterocycles. The summed E-state index contributed by atoms with van der Waals surface area (Å²) in [4.78, 5) is 64.0. The number of ether oxygens (including phenoxy) is 3. The molecule has 3 saturated heterocycles. The van der Waals surface area contributed by atoms with E-state index in [0.717, 1.165) is 29.4 Å². The van der Waals surface area contributed by atoms with Crippen LogP contribution < -0.4 is 16.1 Å². The lowest BCUT2D eigenvalue weighted by Gasteiger charge is -2.39. The van der Waals surface area contributed by atoms with Crippen LogP contribution >= 0.6 is 22.9 Å². The van der Waals surface area contributed by atoms with Crippen molar-refractivity contribution in [2.75, 3.05) is 78.1 Å². The number of methoxy groups -OCH3 is 1. The average molecular weight is 1070 g/mol. The van der Waals surface area contributed by atoms with E-state index >= 15 is 4.39 Å². The number of cyclic esters (lactones) is 1. The van der Waals surface area contributed by atoms with Crippen LogP contribution in [0.3, 0.4) is 0 Å². The summed E-state index contributed by atoms with van der Waals surface area (Å²) in [6, 6.07) is 3.90. The Balaban J connectivity index is 0.000000367. The van der Waals surface area contributed by atoms with Crippen molar-refractivity contribution < 1.29 is 55.3 Å². The minimum absolute atomic E-state index is 0.0617. The normalized spacial score (nSPS) is 20.5. The highest BCUT2D eigenvalue weighted by Crippen LogP contribution is 2.45. The molecule has 1 aromatic carbocycles. The van der Waals surface area contributed by atoms with Gasteiger partial charge >= 0.3 is 12.1 Å². The molecule has 7 heterocycles. The van der Waals surface area contributed by atoms with Crippen molar-refractivity contribution >= 4 is 63.2 Å². The number of primary amides is 1. The van der Waals surface area contributed by atoms with E-state index in [1.54, 1.807) is 24.6 Å². The van der Waals surface area contributed by atoms with E-state index in [0.29, 0.717) is 84.9 Å². The minimum atomic E-state index is -4.66. The van der Waals surface area contributed by atoms with E-state index < -0.39 is 59.5 Å². The molecule has 8 rings (SSSR count). The monoisotopic (exact) mass is 1070 g/mol. The third-order valence-electron chi connectivity index (χ3n) is 13.8. The molecule has 0 aliphatic carbocycles. The van der Waals surface area contributed by atoms with Crippen molar-refractivity contribution in [3.63, 3.8) is 0 Å². The number of benzene rings is 1. The lowest BCUT2D eigenvalue weighted by atomic mass is 9.84. The molecule has 4 aromatic rings. The number of fused-ring (bicyclic) bond motifs is 6. The highest BCUT2D eigenvalue weighted by Gasteiger charge is 2.38. The number of piperazine rings is 1. The van der Waals surface area contributed by atoms with Crippen LogP contribution in [0.2, 0.25) is 0 Å². The quantitative estimate of drug-likeness (QED) is 0.0891. The predicted octanol–water partition coefficient (Wildman–Crippen LogP) is 7.05. The van der Waals surface area contributed by atoms with Gasteiger partial charge in [-0.1, -0.05) is 39.3 Å². The van der Waals surface area contributed by atoms with Crippen molar-refractivity contribution in [2.45, 2.75) is 103 Å². The van der Waals surface area contributed by atoms with Gasteiger partial charge in [0.25, 0.3) is 11.5 Å². The van der Waals surface area contributed by atoms with Gasteiger partial charge in [0.2, 0.25) is 11.8 Å². The molecule has 3 fully saturated rings. The number of nitrogens with two attached hydrogens (primary N) is 1. The number of carbonyl (C=O) groups is 4. The maximum Gasteiger partial charge on any atom is 0.406 e. The largest absolute Gasteiger partial charge is 0.464 e. The average Bonchev–Trinajstić information content (AvgIpc) is 3.90. The van der Waals surface area contributed by atoms with Gasteiger partial charge in [-0.15, -0.1) is 11.3 Å². The zero-order chi connectivity index (χ0) is 53.1. The Bertz CT molecular complexity index is 2630. The number of alkyl halides is 5. The molecule has 0 saturated carbocycles. The molecule has 16 nitrogen and oxygen atoms in total. The number of carbonyl (C=O) groups excluding carboxylic acids is 4. The highest BCUT2D eigenvalue weighted by atomic mass is 35.5. The molecule has 4 atom stereocenters. The first-order valence-electron chi connectivity index (χ1n) is 24.5. The van der Waals surface area contributed by atoms with Gasteiger partial charge in [-0.25, -0.2) is 19.2 Å². The molecule has 3 amide bonds. The molecule has 23 heteroatoms. The van der Waals surface area contributed by atoms with E-state index in [1.165, 1.54) is 28.4 Å². The summed E-state index contributed by atoms with van der Waals surface area (Å²) in [6.45, 7) is 12.2. The van der Waals surface area contributed by atoms with Gasteiger partial charge in [-0.05, 0) is 62.9 Å². The number of hydrogen-bond acceptors (Lipinski definition) is 13. The lowest BCUT2D eigenvalue weighted by Crippen LogP contribution is -2.56. The van der Waals surface area contributed by atoms with Gasteiger partial charge in [0.05, 0.1) is 70.8 Å². The van der Waals surface area contributed by atoms with Crippen LogP contribution in [0.15, 0.2) is 29.8 Å². The van der Waals surface area contributed by atoms with Crippen molar-refractivity contribution in [3.8, 4) is 22.5 Å². The minimum Gasteiger partial charge on any atom is -0.464 e. The summed E-state index contributed by atoms with van der Waals surface area (Å²) in [6.07, 6.45) is -2.03. The first kappa shape index (κ1) is 55.7. The van der Waals surface area contributed by atoms with Gasteiger partial charge in [0.15, 0.2) is 0 Å². The third kappa shape index (κ3) is 13.5. The van der Waals surface area contributed by atoms with Crippen molar-refractivity contribution in [1.82, 2.24) is 34.8 Å². The van der Waals surface area contributed by atoms with E-state index in [-0.39, 0.29) is 66.7 Å². The number of anilines is 1. The number of nitrogens with zero attached hydrogens (tertiary/aromatic N) is 7. The second-order valence-electron chi connectivity index (χ2n) is 20.4. The summed E-state index contributed by atoms with van der Waals surface area (Å²) >= 11 is 6.32. The number of thiazole rings is 1.